The molecule has 1 heterocycles. The van der Waals surface area contributed by atoms with Gasteiger partial charge in [-0.1, -0.05) is 0 Å². The minimum absolute atomic E-state index is 0. The van der Waals surface area contributed by atoms with E-state index in [9.17, 15) is 4.79 Å². The third kappa shape index (κ3) is 2.49. The van der Waals surface area contributed by atoms with Crippen LogP contribution in [0.5, 0.6) is 0 Å². The monoisotopic (exact) mass is 167 g/mol. The molecule has 1 aliphatic rings. The van der Waals surface area contributed by atoms with Crippen molar-refractivity contribution in [1.82, 2.24) is 0 Å². The van der Waals surface area contributed by atoms with Gasteiger partial charge in [0.25, 0.3) is 0 Å². The summed E-state index contributed by atoms with van der Waals surface area (Å²) in [6, 6.07) is 0. The summed E-state index contributed by atoms with van der Waals surface area (Å²) in [5.41, 5.74) is 0. The quantitative estimate of drug-likeness (QED) is 0.568. The van der Waals surface area contributed by atoms with E-state index in [1.54, 1.807) is 20.8 Å². The molecule has 1 aliphatic heterocycles. The molecule has 0 amide bonds. The molecule has 0 aromatic heterocycles. The van der Waals surface area contributed by atoms with Crippen molar-refractivity contribution in [3.8, 4) is 0 Å². The van der Waals surface area contributed by atoms with Gasteiger partial charge in [-0.05, 0) is 20.8 Å². The van der Waals surface area contributed by atoms with E-state index >= 15 is 0 Å². The second kappa shape index (κ2) is 3.80. The Hall–Kier alpha value is -0.0126. The molecule has 12 heavy (non-hydrogen) atoms. The van der Waals surface area contributed by atoms with Gasteiger partial charge in [-0.25, -0.2) is 4.79 Å². The van der Waals surface area contributed by atoms with Crippen LogP contribution in [0.2, 0.25) is 0 Å². The molecule has 0 saturated carbocycles. The van der Waals surface area contributed by atoms with Gasteiger partial charge in [0.1, 0.15) is 0 Å². The number of aliphatic carboxylic acids is 1. The van der Waals surface area contributed by atoms with Crippen LogP contribution in [0.4, 0.5) is 0 Å². The summed E-state index contributed by atoms with van der Waals surface area (Å²) in [7, 11) is 0. The molecule has 1 rings (SSSR count). The van der Waals surface area contributed by atoms with Crippen LogP contribution in [-0.4, -0.2) is 47.9 Å². The van der Waals surface area contributed by atoms with Gasteiger partial charge in [0.05, 0.1) is 6.10 Å². The van der Waals surface area contributed by atoms with E-state index in [-0.39, 0.29) is 25.0 Å². The molecule has 0 unspecified atom stereocenters. The number of carbonyl (C=O) groups is 1. The maximum atomic E-state index is 10.5. The summed E-state index contributed by atoms with van der Waals surface area (Å²) in [4.78, 5) is 10.5. The van der Waals surface area contributed by atoms with Crippen LogP contribution in [0, 0.1) is 0 Å². The van der Waals surface area contributed by atoms with E-state index in [1.165, 1.54) is 0 Å². The topological polar surface area (TPSA) is 55.8 Å². The number of rotatable bonds is 1. The zero-order valence-corrected chi connectivity index (χ0v) is 7.83. The summed E-state index contributed by atoms with van der Waals surface area (Å²) in [5, 5.41) is 8.61. The van der Waals surface area contributed by atoms with E-state index in [2.05, 4.69) is 0 Å². The molecule has 0 aromatic rings. The maximum Gasteiger partial charge on any atom is 0.335 e. The van der Waals surface area contributed by atoms with Gasteiger partial charge in [0.2, 0.25) is 0 Å². The molecule has 0 aromatic carbocycles. The molecule has 1 radical (unpaired) electrons. The second-order valence-corrected chi connectivity index (χ2v) is 3.10. The Balaban J connectivity index is 0.00000121. The maximum absolute atomic E-state index is 10.5. The van der Waals surface area contributed by atoms with Gasteiger partial charge in [-0.2, -0.15) is 0 Å². The third-order valence-electron chi connectivity index (χ3n) is 1.55. The fraction of sp³-hybridized carbons (Fsp3) is 0.857. The van der Waals surface area contributed by atoms with Gasteiger partial charge in [0.15, 0.2) is 11.9 Å². The average Bonchev–Trinajstić information content (AvgIpc) is 2.05. The fourth-order valence-electron chi connectivity index (χ4n) is 1.19. The van der Waals surface area contributed by atoms with Crippen LogP contribution < -0.4 is 0 Å². The molecule has 2 atom stereocenters. The zero-order chi connectivity index (χ0) is 8.65. The minimum atomic E-state index is -0.969. The minimum Gasteiger partial charge on any atom is -0.479 e. The third-order valence-corrected chi connectivity index (χ3v) is 1.55. The van der Waals surface area contributed by atoms with Crippen molar-refractivity contribution >= 4 is 24.8 Å². The summed E-state index contributed by atoms with van der Waals surface area (Å²) in [5.74, 6) is -1.73. The van der Waals surface area contributed by atoms with E-state index < -0.39 is 17.9 Å². The first-order valence-electron chi connectivity index (χ1n) is 3.51. The van der Waals surface area contributed by atoms with Crippen LogP contribution in [0.25, 0.3) is 0 Å². The fourth-order valence-corrected chi connectivity index (χ4v) is 1.19. The van der Waals surface area contributed by atoms with Crippen molar-refractivity contribution in [2.24, 2.45) is 0 Å². The number of hydrogen-bond donors (Lipinski definition) is 1. The van der Waals surface area contributed by atoms with Crippen LogP contribution in [0.1, 0.15) is 20.8 Å². The summed E-state index contributed by atoms with van der Waals surface area (Å²) in [6.07, 6.45) is -1.20. The number of carboxylic acids is 1. The molecule has 4 nitrogen and oxygen atoms in total. The molecule has 1 fully saturated rings. The normalized spacial score (nSPS) is 32.6. The van der Waals surface area contributed by atoms with Crippen molar-refractivity contribution in [2.75, 3.05) is 0 Å². The molecule has 1 N–H and O–H groups in total. The SMILES string of the molecule is C[C@@H]1OC(C)(C)O[C@H]1C(=O)O.[Li]. The van der Waals surface area contributed by atoms with E-state index in [4.69, 9.17) is 14.6 Å². The van der Waals surface area contributed by atoms with E-state index in [0.717, 1.165) is 0 Å². The van der Waals surface area contributed by atoms with Gasteiger partial charge in [-0.3, -0.25) is 0 Å². The predicted molar refractivity (Wildman–Crippen MR) is 42.9 cm³/mol. The largest absolute Gasteiger partial charge is 0.479 e. The smallest absolute Gasteiger partial charge is 0.335 e. The Morgan fingerprint density at radius 3 is 2.08 bits per heavy atom. The van der Waals surface area contributed by atoms with Gasteiger partial charge in [0, 0.05) is 18.9 Å². The second-order valence-electron chi connectivity index (χ2n) is 3.10. The molecule has 1 saturated heterocycles. The van der Waals surface area contributed by atoms with Crippen molar-refractivity contribution in [1.29, 1.82) is 0 Å². The van der Waals surface area contributed by atoms with Crippen molar-refractivity contribution < 1.29 is 19.4 Å². The number of ether oxygens (including phenoxy) is 2. The Morgan fingerprint density at radius 1 is 1.42 bits per heavy atom. The van der Waals surface area contributed by atoms with Crippen molar-refractivity contribution in [2.45, 2.75) is 38.8 Å². The van der Waals surface area contributed by atoms with E-state index in [1.807, 2.05) is 0 Å². The number of hydrogen-bond acceptors (Lipinski definition) is 3. The number of carboxylic acid groups (broad SMARTS) is 1. The first-order valence-corrected chi connectivity index (χ1v) is 3.51. The standard InChI is InChI=1S/C7H12O4.Li/c1-4-5(6(8)9)11-7(2,3)10-4;/h4-5H,1-3H3,(H,8,9);/t4-,5+;/m0./s1. The van der Waals surface area contributed by atoms with Crippen LogP contribution >= 0.6 is 0 Å². The van der Waals surface area contributed by atoms with E-state index in [0.29, 0.717) is 0 Å². The Labute approximate surface area is 83.4 Å². The van der Waals surface area contributed by atoms with Crippen LogP contribution in [0.15, 0.2) is 0 Å². The molecular weight excluding hydrogens is 155 g/mol. The molecule has 0 aliphatic carbocycles. The summed E-state index contributed by atoms with van der Waals surface area (Å²) in [6.45, 7) is 5.09. The van der Waals surface area contributed by atoms with Gasteiger partial charge >= 0.3 is 5.97 Å². The average molecular weight is 167 g/mol. The molecule has 5 heteroatoms. The molecule has 0 spiro atoms. The Morgan fingerprint density at radius 2 is 1.92 bits per heavy atom. The van der Waals surface area contributed by atoms with Gasteiger partial charge in [-0.15, -0.1) is 0 Å². The van der Waals surface area contributed by atoms with Gasteiger partial charge < -0.3 is 14.6 Å². The van der Waals surface area contributed by atoms with Crippen molar-refractivity contribution in [3.05, 3.63) is 0 Å². The molecular formula is C7H12LiO4. The molecule has 0 bridgehead atoms. The first kappa shape index (κ1) is 12.0. The summed E-state index contributed by atoms with van der Waals surface area (Å²) < 4.78 is 10.3. The van der Waals surface area contributed by atoms with Crippen LogP contribution in [-0.2, 0) is 14.3 Å². The predicted octanol–water partition coefficient (Wildman–Crippen LogP) is 0.230. The Bertz CT molecular complexity index is 180. The molecule has 65 valence electrons. The Kier molecular flexibility index (Phi) is 3.79. The zero-order valence-electron chi connectivity index (χ0n) is 7.83. The van der Waals surface area contributed by atoms with Crippen molar-refractivity contribution in [3.63, 3.8) is 0 Å². The van der Waals surface area contributed by atoms with Crippen LogP contribution in [0.3, 0.4) is 0 Å². The summed E-state index contributed by atoms with van der Waals surface area (Å²) >= 11 is 0. The first-order chi connectivity index (χ1) is 4.92.